The lowest BCUT2D eigenvalue weighted by atomic mass is 10.2. The Bertz CT molecular complexity index is 443. The summed E-state index contributed by atoms with van der Waals surface area (Å²) in [6.07, 6.45) is 2.96. The van der Waals surface area contributed by atoms with Crippen LogP contribution in [0.5, 0.6) is 0 Å². The van der Waals surface area contributed by atoms with Gasteiger partial charge < -0.3 is 10.6 Å². The zero-order valence-electron chi connectivity index (χ0n) is 11.6. The Morgan fingerprint density at radius 1 is 1.20 bits per heavy atom. The second-order valence-corrected chi connectivity index (χ2v) is 4.62. The summed E-state index contributed by atoms with van der Waals surface area (Å²) < 4.78 is 38.8. The molecule has 6 heteroatoms. The summed E-state index contributed by atoms with van der Waals surface area (Å²) in [7, 11) is 0. The van der Waals surface area contributed by atoms with E-state index in [2.05, 4.69) is 17.6 Å². The van der Waals surface area contributed by atoms with Crippen molar-refractivity contribution in [3.8, 4) is 0 Å². The molecule has 0 radical (unpaired) electrons. The average molecular weight is 288 g/mol. The predicted octanol–water partition coefficient (Wildman–Crippen LogP) is 3.21. The molecule has 0 saturated carbocycles. The molecule has 1 unspecified atom stereocenters. The monoisotopic (exact) mass is 288 g/mol. The summed E-state index contributed by atoms with van der Waals surface area (Å²) in [5.41, 5.74) is 0.0256. The maximum absolute atomic E-state index is 13.0. The summed E-state index contributed by atoms with van der Waals surface area (Å²) in [6.45, 7) is 4.18. The second kappa shape index (κ2) is 7.77. The zero-order chi connectivity index (χ0) is 15.1. The van der Waals surface area contributed by atoms with Crippen molar-refractivity contribution in [1.82, 2.24) is 5.32 Å². The fourth-order valence-corrected chi connectivity index (χ4v) is 1.69. The minimum absolute atomic E-state index is 0.0256. The Morgan fingerprint density at radius 2 is 1.80 bits per heavy atom. The molecule has 0 fully saturated rings. The molecule has 1 amide bonds. The van der Waals surface area contributed by atoms with Gasteiger partial charge in [-0.05, 0) is 13.3 Å². The first-order valence-corrected chi connectivity index (χ1v) is 6.64. The maximum atomic E-state index is 13.0. The summed E-state index contributed by atoms with van der Waals surface area (Å²) in [6, 6.07) is 0.972. The quantitative estimate of drug-likeness (QED) is 0.597. The van der Waals surface area contributed by atoms with E-state index in [4.69, 9.17) is 0 Å². The van der Waals surface area contributed by atoms with E-state index in [0.717, 1.165) is 31.4 Å². The molecule has 0 bridgehead atoms. The van der Waals surface area contributed by atoms with Crippen LogP contribution in [0.1, 0.15) is 33.1 Å². The molecule has 1 aromatic rings. The van der Waals surface area contributed by atoms with Gasteiger partial charge in [-0.1, -0.05) is 19.8 Å². The third-order valence-electron chi connectivity index (χ3n) is 2.84. The Kier molecular flexibility index (Phi) is 6.35. The van der Waals surface area contributed by atoms with Gasteiger partial charge in [-0.25, -0.2) is 13.2 Å². The molecule has 0 spiro atoms. The molecule has 3 nitrogen and oxygen atoms in total. The SMILES string of the molecule is CCCCCNC(=O)C(C)Nc1cc(F)c(F)c(F)c1. The highest BCUT2D eigenvalue weighted by Gasteiger charge is 2.15. The number of unbranched alkanes of at least 4 members (excludes halogenated alkanes) is 2. The number of amides is 1. The van der Waals surface area contributed by atoms with Crippen LogP contribution in [0.3, 0.4) is 0 Å². The van der Waals surface area contributed by atoms with Crippen molar-refractivity contribution in [1.29, 1.82) is 0 Å². The Morgan fingerprint density at radius 3 is 2.35 bits per heavy atom. The van der Waals surface area contributed by atoms with Gasteiger partial charge in [-0.15, -0.1) is 0 Å². The van der Waals surface area contributed by atoms with E-state index in [1.807, 2.05) is 0 Å². The van der Waals surface area contributed by atoms with E-state index < -0.39 is 23.5 Å². The molecular formula is C14H19F3N2O. The fourth-order valence-electron chi connectivity index (χ4n) is 1.69. The van der Waals surface area contributed by atoms with E-state index >= 15 is 0 Å². The van der Waals surface area contributed by atoms with Crippen LogP contribution in [-0.2, 0) is 4.79 Å². The highest BCUT2D eigenvalue weighted by atomic mass is 19.2. The lowest BCUT2D eigenvalue weighted by Crippen LogP contribution is -2.38. The van der Waals surface area contributed by atoms with Gasteiger partial charge in [-0.2, -0.15) is 0 Å². The standard InChI is InChI=1S/C14H19F3N2O/c1-3-4-5-6-18-14(20)9(2)19-10-7-11(15)13(17)12(16)8-10/h7-9,19H,3-6H2,1-2H3,(H,18,20). The first-order chi connectivity index (χ1) is 9.45. The van der Waals surface area contributed by atoms with Crippen molar-refractivity contribution in [3.63, 3.8) is 0 Å². The average Bonchev–Trinajstić information content (AvgIpc) is 2.40. The van der Waals surface area contributed by atoms with E-state index in [1.54, 1.807) is 6.92 Å². The van der Waals surface area contributed by atoms with E-state index in [-0.39, 0.29) is 11.6 Å². The number of halogens is 3. The van der Waals surface area contributed by atoms with Gasteiger partial charge in [-0.3, -0.25) is 4.79 Å². The van der Waals surface area contributed by atoms with E-state index in [0.29, 0.717) is 6.54 Å². The molecule has 0 aliphatic rings. The number of hydrogen-bond donors (Lipinski definition) is 2. The molecule has 1 rings (SSSR count). The van der Waals surface area contributed by atoms with Crippen LogP contribution in [0.2, 0.25) is 0 Å². The van der Waals surface area contributed by atoms with Gasteiger partial charge in [0.05, 0.1) is 0 Å². The number of nitrogens with one attached hydrogen (secondary N) is 2. The van der Waals surface area contributed by atoms with Crippen LogP contribution in [0.25, 0.3) is 0 Å². The van der Waals surface area contributed by atoms with Crippen LogP contribution in [0, 0.1) is 17.5 Å². The fraction of sp³-hybridized carbons (Fsp3) is 0.500. The number of hydrogen-bond acceptors (Lipinski definition) is 2. The van der Waals surface area contributed by atoms with E-state index in [9.17, 15) is 18.0 Å². The minimum Gasteiger partial charge on any atom is -0.374 e. The van der Waals surface area contributed by atoms with Gasteiger partial charge in [0.1, 0.15) is 6.04 Å². The smallest absolute Gasteiger partial charge is 0.242 e. The Balaban J connectivity index is 2.53. The second-order valence-electron chi connectivity index (χ2n) is 4.62. The van der Waals surface area contributed by atoms with Crippen molar-refractivity contribution in [2.24, 2.45) is 0 Å². The lowest BCUT2D eigenvalue weighted by molar-refractivity contribution is -0.121. The molecule has 1 aromatic carbocycles. The number of anilines is 1. The molecule has 2 N–H and O–H groups in total. The van der Waals surface area contributed by atoms with Crippen LogP contribution in [0.15, 0.2) is 12.1 Å². The molecule has 0 aromatic heterocycles. The predicted molar refractivity (Wildman–Crippen MR) is 71.9 cm³/mol. The summed E-state index contributed by atoms with van der Waals surface area (Å²) in [5.74, 6) is -4.37. The van der Waals surface area contributed by atoms with Crippen molar-refractivity contribution < 1.29 is 18.0 Å². The van der Waals surface area contributed by atoms with Crippen LogP contribution >= 0.6 is 0 Å². The topological polar surface area (TPSA) is 41.1 Å². The molecule has 112 valence electrons. The molecule has 0 heterocycles. The maximum Gasteiger partial charge on any atom is 0.242 e. The zero-order valence-corrected chi connectivity index (χ0v) is 11.6. The molecule has 20 heavy (non-hydrogen) atoms. The number of carbonyl (C=O) groups is 1. The van der Waals surface area contributed by atoms with Crippen LogP contribution in [0.4, 0.5) is 18.9 Å². The summed E-state index contributed by atoms with van der Waals surface area (Å²) >= 11 is 0. The van der Waals surface area contributed by atoms with Gasteiger partial charge in [0.2, 0.25) is 5.91 Å². The largest absolute Gasteiger partial charge is 0.374 e. The third kappa shape index (κ3) is 4.75. The number of rotatable bonds is 7. The Labute approximate surface area is 116 Å². The Hall–Kier alpha value is -1.72. The van der Waals surface area contributed by atoms with Crippen LogP contribution < -0.4 is 10.6 Å². The summed E-state index contributed by atoms with van der Waals surface area (Å²) in [4.78, 5) is 11.7. The van der Waals surface area contributed by atoms with Gasteiger partial charge >= 0.3 is 0 Å². The van der Waals surface area contributed by atoms with Crippen molar-refractivity contribution in [3.05, 3.63) is 29.6 Å². The van der Waals surface area contributed by atoms with Crippen molar-refractivity contribution in [2.45, 2.75) is 39.2 Å². The van der Waals surface area contributed by atoms with Crippen molar-refractivity contribution >= 4 is 11.6 Å². The lowest BCUT2D eigenvalue weighted by Gasteiger charge is -2.15. The van der Waals surface area contributed by atoms with Gasteiger partial charge in [0.25, 0.3) is 0 Å². The van der Waals surface area contributed by atoms with Crippen molar-refractivity contribution in [2.75, 3.05) is 11.9 Å². The first kappa shape index (κ1) is 16.3. The number of benzene rings is 1. The normalized spacial score (nSPS) is 12.1. The molecular weight excluding hydrogens is 269 g/mol. The molecule has 0 aliphatic heterocycles. The highest BCUT2D eigenvalue weighted by molar-refractivity contribution is 5.84. The molecule has 1 atom stereocenters. The van der Waals surface area contributed by atoms with E-state index in [1.165, 1.54) is 0 Å². The highest BCUT2D eigenvalue weighted by Crippen LogP contribution is 2.17. The van der Waals surface area contributed by atoms with Gasteiger partial charge in [0, 0.05) is 24.4 Å². The molecule has 0 saturated heterocycles. The minimum atomic E-state index is -1.52. The molecule has 0 aliphatic carbocycles. The van der Waals surface area contributed by atoms with Gasteiger partial charge in [0.15, 0.2) is 17.5 Å². The first-order valence-electron chi connectivity index (χ1n) is 6.64. The number of carbonyl (C=O) groups excluding carboxylic acids is 1. The summed E-state index contributed by atoms with van der Waals surface area (Å²) in [5, 5.41) is 5.35. The van der Waals surface area contributed by atoms with Crippen LogP contribution in [-0.4, -0.2) is 18.5 Å². The third-order valence-corrected chi connectivity index (χ3v) is 2.84.